The van der Waals surface area contributed by atoms with E-state index in [1.807, 2.05) is 42.3 Å². The van der Waals surface area contributed by atoms with Gasteiger partial charge in [-0.15, -0.1) is 0 Å². The van der Waals surface area contributed by atoms with Gasteiger partial charge in [0.15, 0.2) is 0 Å². The molecule has 6 N–H and O–H groups in total. The number of hydrogen-bond donors (Lipinski definition) is 6. The van der Waals surface area contributed by atoms with Gasteiger partial charge in [-0.2, -0.15) is 0 Å². The van der Waals surface area contributed by atoms with Crippen LogP contribution in [0.2, 0.25) is 0 Å². The predicted molar refractivity (Wildman–Crippen MR) is 282 cm³/mol. The first-order valence-corrected chi connectivity index (χ1v) is 25.6. The van der Waals surface area contributed by atoms with Gasteiger partial charge in [0.25, 0.3) is 0 Å². The van der Waals surface area contributed by atoms with Crippen molar-refractivity contribution in [1.29, 1.82) is 0 Å². The summed E-state index contributed by atoms with van der Waals surface area (Å²) in [5.74, 6) is 1.17. The smallest absolute Gasteiger partial charge is 0.222 e. The van der Waals surface area contributed by atoms with Crippen molar-refractivity contribution >= 4 is 35.4 Å². The monoisotopic (exact) mass is 946 g/mol. The van der Waals surface area contributed by atoms with Crippen LogP contribution in [-0.2, 0) is 28.8 Å². The molecule has 0 aliphatic carbocycles. The van der Waals surface area contributed by atoms with Crippen LogP contribution >= 0.6 is 0 Å². The van der Waals surface area contributed by atoms with Crippen LogP contribution in [0.25, 0.3) is 0 Å². The molecule has 0 saturated heterocycles. The maximum absolute atomic E-state index is 11.6. The van der Waals surface area contributed by atoms with E-state index in [9.17, 15) is 28.8 Å². The molecule has 0 radical (unpaired) electrons. The first-order valence-electron chi connectivity index (χ1n) is 25.6. The maximum atomic E-state index is 11.6. The molecule has 0 bridgehead atoms. The molecule has 0 aliphatic heterocycles. The van der Waals surface area contributed by atoms with Crippen molar-refractivity contribution in [2.24, 2.45) is 0 Å². The first-order chi connectivity index (χ1) is 31.5. The van der Waals surface area contributed by atoms with Gasteiger partial charge in [0.05, 0.1) is 0 Å². The zero-order chi connectivity index (χ0) is 51.7. The number of carbonyl (C=O) groups is 6. The fraction of sp³-hybridized carbons (Fsp3) is 0.882. The summed E-state index contributed by atoms with van der Waals surface area (Å²) in [5, 5.41) is 17.1. The highest BCUT2D eigenvalue weighted by atomic mass is 16.2. The number of carbonyl (C=O) groups excluding carboxylic acids is 6. The molecular formula is C51H111N9O6. The zero-order valence-electron chi connectivity index (χ0n) is 46.0. The second-order valence-corrected chi connectivity index (χ2v) is 17.1. The molecule has 0 rings (SSSR count). The molecule has 0 unspecified atom stereocenters. The van der Waals surface area contributed by atoms with E-state index in [4.69, 9.17) is 0 Å². The minimum Gasteiger partial charge on any atom is -0.359 e. The summed E-state index contributed by atoms with van der Waals surface area (Å²) < 4.78 is 0. The summed E-state index contributed by atoms with van der Waals surface area (Å²) in [7, 11) is 21.8. The van der Waals surface area contributed by atoms with Crippen molar-refractivity contribution in [3.63, 3.8) is 0 Å². The van der Waals surface area contributed by atoms with E-state index in [0.29, 0.717) is 38.5 Å². The van der Waals surface area contributed by atoms with Crippen molar-refractivity contribution in [2.45, 2.75) is 194 Å². The third kappa shape index (κ3) is 75.0. The number of unbranched alkanes of at least 4 members (excludes halogenated alkanes) is 15. The molecule has 15 nitrogen and oxygen atoms in total. The van der Waals surface area contributed by atoms with Gasteiger partial charge in [0.2, 0.25) is 35.4 Å². The Morgan fingerprint density at radius 3 is 0.833 bits per heavy atom. The van der Waals surface area contributed by atoms with Crippen molar-refractivity contribution in [3.05, 3.63) is 0 Å². The van der Waals surface area contributed by atoms with Gasteiger partial charge < -0.3 is 46.6 Å². The van der Waals surface area contributed by atoms with Crippen LogP contribution in [0.3, 0.4) is 0 Å². The number of rotatable bonds is 33. The molecular weight excluding hydrogens is 835 g/mol. The van der Waals surface area contributed by atoms with Crippen LogP contribution in [0.5, 0.6) is 0 Å². The normalized spacial score (nSPS) is 9.68. The number of nitrogens with zero attached hydrogens (tertiary/aromatic N) is 3. The van der Waals surface area contributed by atoms with Crippen molar-refractivity contribution in [2.75, 3.05) is 104 Å². The summed E-state index contributed by atoms with van der Waals surface area (Å²) >= 11 is 0. The third-order valence-electron chi connectivity index (χ3n) is 9.85. The average Bonchev–Trinajstić information content (AvgIpc) is 3.29. The summed E-state index contributed by atoms with van der Waals surface area (Å²) in [5.41, 5.74) is 0. The van der Waals surface area contributed by atoms with E-state index < -0.39 is 0 Å². The summed E-state index contributed by atoms with van der Waals surface area (Å²) in [6, 6.07) is 0. The average molecular weight is 947 g/mol. The molecule has 0 aromatic heterocycles. The van der Waals surface area contributed by atoms with E-state index >= 15 is 0 Å². The Kier molecular flexibility index (Phi) is 71.8. The van der Waals surface area contributed by atoms with Crippen LogP contribution in [0.15, 0.2) is 0 Å². The molecule has 0 atom stereocenters. The molecule has 0 aromatic rings. The number of nitrogens with one attached hydrogen (secondary N) is 6. The molecule has 396 valence electrons. The lowest BCUT2D eigenvalue weighted by atomic mass is 10.1. The summed E-state index contributed by atoms with van der Waals surface area (Å²) in [6.07, 6.45) is 27.4. The Morgan fingerprint density at radius 1 is 0.318 bits per heavy atom. The number of amides is 6. The lowest BCUT2D eigenvalue weighted by Gasteiger charge is -2.09. The molecule has 6 amide bonds. The lowest BCUT2D eigenvalue weighted by Crippen LogP contribution is -2.24. The van der Waals surface area contributed by atoms with Crippen LogP contribution in [-0.4, -0.2) is 154 Å². The van der Waals surface area contributed by atoms with Crippen LogP contribution in [0.4, 0.5) is 0 Å². The van der Waals surface area contributed by atoms with Crippen LogP contribution < -0.4 is 31.9 Å². The van der Waals surface area contributed by atoms with Gasteiger partial charge in [-0.25, -0.2) is 0 Å². The van der Waals surface area contributed by atoms with Gasteiger partial charge in [-0.05, 0) is 99.1 Å². The fourth-order valence-electron chi connectivity index (χ4n) is 5.46. The van der Waals surface area contributed by atoms with Crippen LogP contribution in [0, 0.1) is 0 Å². The quantitative estimate of drug-likeness (QED) is 0.0360. The molecule has 0 heterocycles. The lowest BCUT2D eigenvalue weighted by molar-refractivity contribution is -0.129. The van der Waals surface area contributed by atoms with Gasteiger partial charge in [0, 0.05) is 101 Å². The highest BCUT2D eigenvalue weighted by Gasteiger charge is 2.05. The molecule has 66 heavy (non-hydrogen) atoms. The predicted octanol–water partition coefficient (Wildman–Crippen LogP) is 7.67. The Labute approximate surface area is 408 Å². The largest absolute Gasteiger partial charge is 0.359 e. The maximum Gasteiger partial charge on any atom is 0.222 e. The highest BCUT2D eigenvalue weighted by molar-refractivity contribution is 5.77. The summed E-state index contributed by atoms with van der Waals surface area (Å²) in [4.78, 5) is 71.2. The molecule has 0 spiro atoms. The Bertz CT molecular complexity index is 1040. The first kappa shape index (κ1) is 74.2. The Morgan fingerprint density at radius 2 is 0.561 bits per heavy atom. The van der Waals surface area contributed by atoms with Crippen molar-refractivity contribution < 1.29 is 28.8 Å². The second kappa shape index (κ2) is 63.8. The van der Waals surface area contributed by atoms with E-state index in [1.165, 1.54) is 57.8 Å². The molecule has 15 heteroatoms. The molecule has 0 aromatic carbocycles. The third-order valence-corrected chi connectivity index (χ3v) is 9.85. The molecule has 0 aliphatic rings. The summed E-state index contributed by atoms with van der Waals surface area (Å²) in [6.45, 7) is 9.31. The van der Waals surface area contributed by atoms with Crippen molar-refractivity contribution in [1.82, 2.24) is 46.6 Å². The van der Waals surface area contributed by atoms with Gasteiger partial charge in [-0.3, -0.25) is 28.8 Å². The van der Waals surface area contributed by atoms with Gasteiger partial charge >= 0.3 is 0 Å². The standard InChI is InChI=1S/C17H35N3O2.C10H22N2O.C8H17NO.2C7H15NO.C2H7N/c1-18-14-10-6-4-8-12-16(21)19-15-11-7-5-9-13-17(22)20(2)3;1-11-9-7-5-4-6-8-10(13)12(2)3;1-4-5-6-7-8(10)9(2)3;2*1-3-4-5-6-7(9)8-2;1-3-2/h18H,4-15H2,1-3H3,(H,19,21);11H,4-9H2,1-3H3;4-7H2,1-3H3;2*3-6H2,1-2H3,(H,8,9);3H,1-2H3. The van der Waals surface area contributed by atoms with Gasteiger partial charge in [0.1, 0.15) is 0 Å². The SMILES string of the molecule is CCCCCC(=O)N(C)C.CCCCCC(=O)NC.CCCCCC(=O)NC.CNC.CNCCCCCCC(=O)N(C)C.CNCCCCCCC(=O)NCCCCCCC(=O)N(C)C. The van der Waals surface area contributed by atoms with Crippen molar-refractivity contribution in [3.8, 4) is 0 Å². The molecule has 0 saturated carbocycles. The minimum absolute atomic E-state index is 0.156. The van der Waals surface area contributed by atoms with E-state index in [2.05, 4.69) is 52.7 Å². The van der Waals surface area contributed by atoms with Crippen LogP contribution in [0.1, 0.15) is 194 Å². The van der Waals surface area contributed by atoms with Gasteiger partial charge in [-0.1, -0.05) is 97.8 Å². The number of hydrogen-bond acceptors (Lipinski definition) is 9. The Balaban J connectivity index is -0.000000177. The highest BCUT2D eigenvalue weighted by Crippen LogP contribution is 2.06. The van der Waals surface area contributed by atoms with E-state index in [-0.39, 0.29) is 35.4 Å². The second-order valence-electron chi connectivity index (χ2n) is 17.1. The van der Waals surface area contributed by atoms with E-state index in [0.717, 1.165) is 96.7 Å². The minimum atomic E-state index is 0.156. The van der Waals surface area contributed by atoms with E-state index in [1.54, 1.807) is 57.0 Å². The fourth-order valence-corrected chi connectivity index (χ4v) is 5.46. The molecule has 0 fully saturated rings. The zero-order valence-corrected chi connectivity index (χ0v) is 46.0. The Hall–Kier alpha value is -3.30. The topological polar surface area (TPSA) is 184 Å².